The first-order valence-electron chi connectivity index (χ1n) is 12.3. The molecule has 0 bridgehead atoms. The SMILES string of the molecule is CC(C)N/C(=N\C=N)c1cn2c(n1)-c1cc([C@@H](C)N3CCN(C(C)(C)C)CC3)ccc1OCC2. The van der Waals surface area contributed by atoms with Crippen LogP contribution in [-0.2, 0) is 6.54 Å². The number of nitrogens with one attached hydrogen (secondary N) is 2. The lowest BCUT2D eigenvalue weighted by Gasteiger charge is -2.44. The van der Waals surface area contributed by atoms with E-state index in [2.05, 4.69) is 84.4 Å². The Kier molecular flexibility index (Phi) is 7.09. The van der Waals surface area contributed by atoms with Crippen molar-refractivity contribution in [2.24, 2.45) is 4.99 Å². The summed E-state index contributed by atoms with van der Waals surface area (Å²) in [6.45, 7) is 18.9. The number of hydrogen-bond acceptors (Lipinski definition) is 5. The van der Waals surface area contributed by atoms with Crippen LogP contribution in [0.3, 0.4) is 0 Å². The third kappa shape index (κ3) is 5.18. The summed E-state index contributed by atoms with van der Waals surface area (Å²) in [6, 6.07) is 7.04. The molecule has 1 atom stereocenters. The summed E-state index contributed by atoms with van der Waals surface area (Å²) in [5.41, 5.74) is 3.26. The number of imidazole rings is 1. The fourth-order valence-corrected chi connectivity index (χ4v) is 4.78. The van der Waals surface area contributed by atoms with E-state index in [1.807, 2.05) is 6.20 Å². The Morgan fingerprint density at radius 2 is 1.88 bits per heavy atom. The van der Waals surface area contributed by atoms with Gasteiger partial charge in [0.25, 0.3) is 0 Å². The second-order valence-corrected chi connectivity index (χ2v) is 10.5. The number of nitrogens with zero attached hydrogens (tertiary/aromatic N) is 5. The molecule has 0 saturated carbocycles. The Labute approximate surface area is 203 Å². The Hall–Kier alpha value is -2.71. The van der Waals surface area contributed by atoms with Crippen molar-refractivity contribution < 1.29 is 4.74 Å². The van der Waals surface area contributed by atoms with Crippen LogP contribution < -0.4 is 10.1 Å². The summed E-state index contributed by atoms with van der Waals surface area (Å²) in [5.74, 6) is 2.37. The van der Waals surface area contributed by atoms with Crippen LogP contribution in [0, 0.1) is 5.41 Å². The fraction of sp³-hybridized carbons (Fsp3) is 0.577. The quantitative estimate of drug-likeness (QED) is 0.519. The molecule has 34 heavy (non-hydrogen) atoms. The number of benzene rings is 1. The Morgan fingerprint density at radius 3 is 2.53 bits per heavy atom. The van der Waals surface area contributed by atoms with E-state index in [0.717, 1.165) is 61.9 Å². The molecule has 0 amide bonds. The van der Waals surface area contributed by atoms with E-state index < -0.39 is 0 Å². The number of piperazine rings is 1. The van der Waals surface area contributed by atoms with Gasteiger partial charge in [-0.15, -0.1) is 0 Å². The maximum absolute atomic E-state index is 7.45. The Morgan fingerprint density at radius 1 is 1.15 bits per heavy atom. The summed E-state index contributed by atoms with van der Waals surface area (Å²) in [6.07, 6.45) is 3.07. The maximum atomic E-state index is 7.45. The molecule has 2 aromatic rings. The number of hydrogen-bond donors (Lipinski definition) is 2. The summed E-state index contributed by atoms with van der Waals surface area (Å²) < 4.78 is 8.21. The third-order valence-corrected chi connectivity index (χ3v) is 6.77. The van der Waals surface area contributed by atoms with Gasteiger partial charge in [0.15, 0.2) is 5.84 Å². The molecule has 4 rings (SSSR count). The highest BCUT2D eigenvalue weighted by atomic mass is 16.5. The van der Waals surface area contributed by atoms with E-state index in [-0.39, 0.29) is 11.6 Å². The molecule has 3 heterocycles. The van der Waals surface area contributed by atoms with Crippen molar-refractivity contribution in [2.75, 3.05) is 32.8 Å². The smallest absolute Gasteiger partial charge is 0.155 e. The molecular weight excluding hydrogens is 426 g/mol. The third-order valence-electron chi connectivity index (χ3n) is 6.77. The average Bonchev–Trinajstić information content (AvgIpc) is 3.14. The van der Waals surface area contributed by atoms with Gasteiger partial charge in [-0.1, -0.05) is 6.07 Å². The number of rotatable bonds is 5. The molecule has 0 spiro atoms. The van der Waals surface area contributed by atoms with E-state index in [0.29, 0.717) is 18.5 Å². The highest BCUT2D eigenvalue weighted by molar-refractivity contribution is 6.01. The van der Waals surface area contributed by atoms with Crippen molar-refractivity contribution in [3.8, 4) is 17.1 Å². The number of ether oxygens (including phenoxy) is 1. The lowest BCUT2D eigenvalue weighted by Crippen LogP contribution is -2.53. The minimum absolute atomic E-state index is 0.196. The van der Waals surface area contributed by atoms with Crippen molar-refractivity contribution in [3.05, 3.63) is 35.7 Å². The zero-order chi connectivity index (χ0) is 24.5. The minimum Gasteiger partial charge on any atom is -0.491 e. The summed E-state index contributed by atoms with van der Waals surface area (Å²) in [7, 11) is 0. The van der Waals surface area contributed by atoms with Crippen LogP contribution in [-0.4, -0.2) is 75.9 Å². The fourth-order valence-electron chi connectivity index (χ4n) is 4.78. The van der Waals surface area contributed by atoms with Gasteiger partial charge in [0.1, 0.15) is 30.2 Å². The van der Waals surface area contributed by atoms with Crippen molar-refractivity contribution in [1.29, 1.82) is 5.41 Å². The molecule has 8 heteroatoms. The summed E-state index contributed by atoms with van der Waals surface area (Å²) in [4.78, 5) is 14.3. The molecule has 0 unspecified atom stereocenters. The number of fused-ring (bicyclic) bond motifs is 3. The molecule has 0 aliphatic carbocycles. The molecule has 2 aliphatic heterocycles. The van der Waals surface area contributed by atoms with Crippen LogP contribution >= 0.6 is 0 Å². The second kappa shape index (κ2) is 9.88. The predicted octanol–water partition coefficient (Wildman–Crippen LogP) is 3.77. The topological polar surface area (TPSA) is 81.8 Å². The summed E-state index contributed by atoms with van der Waals surface area (Å²) >= 11 is 0. The van der Waals surface area contributed by atoms with E-state index in [4.69, 9.17) is 15.1 Å². The standard InChI is InChI=1S/C26H39N7O/c1-18(2)29-24(28-17-27)22-16-32-13-14-34-23-8-7-20(15-21(23)25(32)30-22)19(3)31-9-11-33(12-10-31)26(4,5)6/h7-8,15-19H,9-14H2,1-6H3,(H2,27,28,29)/t19-/m1/s1. The van der Waals surface area contributed by atoms with Crippen LogP contribution in [0.1, 0.15) is 58.8 Å². The molecule has 2 aliphatic rings. The molecular formula is C26H39N7O. The van der Waals surface area contributed by atoms with Crippen LogP contribution in [0.15, 0.2) is 29.4 Å². The molecule has 2 N–H and O–H groups in total. The van der Waals surface area contributed by atoms with Crippen molar-refractivity contribution in [3.63, 3.8) is 0 Å². The molecule has 1 aromatic heterocycles. The second-order valence-electron chi connectivity index (χ2n) is 10.5. The van der Waals surface area contributed by atoms with E-state index >= 15 is 0 Å². The number of amidine groups is 1. The average molecular weight is 466 g/mol. The van der Waals surface area contributed by atoms with E-state index in [1.54, 1.807) is 0 Å². The first-order chi connectivity index (χ1) is 16.2. The van der Waals surface area contributed by atoms with Gasteiger partial charge in [0, 0.05) is 50.0 Å². The van der Waals surface area contributed by atoms with Gasteiger partial charge in [0.2, 0.25) is 0 Å². The van der Waals surface area contributed by atoms with Crippen LogP contribution in [0.4, 0.5) is 0 Å². The lowest BCUT2D eigenvalue weighted by molar-refractivity contribution is 0.0453. The van der Waals surface area contributed by atoms with Crippen molar-refractivity contribution in [2.45, 2.75) is 65.7 Å². The van der Waals surface area contributed by atoms with Gasteiger partial charge < -0.3 is 14.6 Å². The zero-order valence-corrected chi connectivity index (χ0v) is 21.4. The van der Waals surface area contributed by atoms with E-state index in [1.165, 1.54) is 5.56 Å². The number of aromatic nitrogens is 2. The van der Waals surface area contributed by atoms with Crippen LogP contribution in [0.2, 0.25) is 0 Å². The normalized spacial score (nSPS) is 18.6. The van der Waals surface area contributed by atoms with Gasteiger partial charge in [-0.3, -0.25) is 15.2 Å². The van der Waals surface area contributed by atoms with Crippen molar-refractivity contribution >= 4 is 12.2 Å². The molecule has 184 valence electrons. The van der Waals surface area contributed by atoms with Gasteiger partial charge in [-0.25, -0.2) is 9.98 Å². The minimum atomic E-state index is 0.196. The summed E-state index contributed by atoms with van der Waals surface area (Å²) in [5, 5.41) is 10.8. The Balaban J connectivity index is 1.62. The lowest BCUT2D eigenvalue weighted by atomic mass is 10.0. The van der Waals surface area contributed by atoms with Crippen molar-refractivity contribution in [1.82, 2.24) is 24.7 Å². The number of aliphatic imine (C=N–C) groups is 1. The molecule has 1 saturated heterocycles. The van der Waals surface area contributed by atoms with Gasteiger partial charge in [-0.2, -0.15) is 0 Å². The van der Waals surface area contributed by atoms with Gasteiger partial charge >= 0.3 is 0 Å². The zero-order valence-electron chi connectivity index (χ0n) is 21.4. The highest BCUT2D eigenvalue weighted by Gasteiger charge is 2.29. The first kappa shape index (κ1) is 24.4. The van der Waals surface area contributed by atoms with Crippen LogP contribution in [0.25, 0.3) is 11.4 Å². The van der Waals surface area contributed by atoms with Gasteiger partial charge in [0.05, 0.1) is 12.1 Å². The highest BCUT2D eigenvalue weighted by Crippen LogP contribution is 2.35. The van der Waals surface area contributed by atoms with E-state index in [9.17, 15) is 0 Å². The first-order valence-corrected chi connectivity index (χ1v) is 12.3. The molecule has 1 fully saturated rings. The predicted molar refractivity (Wildman–Crippen MR) is 138 cm³/mol. The van der Waals surface area contributed by atoms with Crippen LogP contribution in [0.5, 0.6) is 5.75 Å². The van der Waals surface area contributed by atoms with Gasteiger partial charge in [-0.05, 0) is 59.2 Å². The molecule has 0 radical (unpaired) electrons. The monoisotopic (exact) mass is 465 g/mol. The maximum Gasteiger partial charge on any atom is 0.155 e. The molecule has 8 nitrogen and oxygen atoms in total. The Bertz CT molecular complexity index is 1040. The largest absolute Gasteiger partial charge is 0.491 e. The molecule has 1 aromatic carbocycles.